The molecule has 3 N–H and O–H groups in total. The first-order valence-corrected chi connectivity index (χ1v) is 9.33. The fourth-order valence-electron chi connectivity index (χ4n) is 3.15. The number of ether oxygens (including phenoxy) is 1. The highest BCUT2D eigenvalue weighted by Crippen LogP contribution is 2.22. The number of aromatic amines is 1. The van der Waals surface area contributed by atoms with Crippen LogP contribution in [0.3, 0.4) is 0 Å². The molecule has 0 fully saturated rings. The minimum Gasteiger partial charge on any atom is -0.506 e. The molecule has 29 heavy (non-hydrogen) atoms. The maximum atomic E-state index is 12.4. The molecular weight excluding hydrogens is 366 g/mol. The second-order valence-corrected chi connectivity index (χ2v) is 6.73. The molecule has 0 aliphatic rings. The summed E-state index contributed by atoms with van der Waals surface area (Å²) < 4.78 is 5.24. The van der Waals surface area contributed by atoms with Crippen molar-refractivity contribution in [1.29, 1.82) is 0 Å². The number of fused-ring (bicyclic) bond motifs is 1. The number of aromatic nitrogens is 2. The number of hydrogen-bond donors (Lipinski definition) is 3. The summed E-state index contributed by atoms with van der Waals surface area (Å²) in [5.74, 6) is 1.49. The van der Waals surface area contributed by atoms with E-state index in [1.807, 2.05) is 30.3 Å². The van der Waals surface area contributed by atoms with E-state index in [1.165, 1.54) is 6.07 Å². The number of benzene rings is 3. The minimum absolute atomic E-state index is 0.0425. The number of imidazole rings is 1. The lowest BCUT2D eigenvalue weighted by Gasteiger charge is -2.07. The van der Waals surface area contributed by atoms with Crippen LogP contribution in [0.15, 0.2) is 66.7 Å². The van der Waals surface area contributed by atoms with Crippen molar-refractivity contribution in [1.82, 2.24) is 9.97 Å². The van der Waals surface area contributed by atoms with E-state index in [0.29, 0.717) is 11.3 Å². The zero-order valence-electron chi connectivity index (χ0n) is 16.0. The van der Waals surface area contributed by atoms with Crippen molar-refractivity contribution in [3.05, 3.63) is 83.7 Å². The molecule has 0 saturated heterocycles. The number of carbonyl (C=O) groups is 1. The molecule has 0 spiro atoms. The van der Waals surface area contributed by atoms with Crippen LogP contribution in [0.4, 0.5) is 5.69 Å². The molecule has 4 rings (SSSR count). The first kappa shape index (κ1) is 18.6. The average molecular weight is 387 g/mol. The molecule has 0 atom stereocenters. The highest BCUT2D eigenvalue weighted by molar-refractivity contribution is 6.05. The number of H-pyrrole nitrogens is 1. The van der Waals surface area contributed by atoms with E-state index in [-0.39, 0.29) is 11.7 Å². The molecule has 0 unspecified atom stereocenters. The Bertz CT molecular complexity index is 1150. The van der Waals surface area contributed by atoms with Crippen LogP contribution in [0.2, 0.25) is 0 Å². The van der Waals surface area contributed by atoms with Crippen LogP contribution >= 0.6 is 0 Å². The van der Waals surface area contributed by atoms with Crippen LogP contribution in [0, 0.1) is 0 Å². The van der Waals surface area contributed by atoms with Gasteiger partial charge >= 0.3 is 0 Å². The number of phenolic OH excluding ortho intramolecular Hbond substituents is 1. The third kappa shape index (κ3) is 4.21. The summed E-state index contributed by atoms with van der Waals surface area (Å²) in [5, 5.41) is 12.5. The van der Waals surface area contributed by atoms with E-state index in [0.717, 1.165) is 41.0 Å². The Morgan fingerprint density at radius 2 is 1.86 bits per heavy atom. The molecule has 146 valence electrons. The van der Waals surface area contributed by atoms with Crippen LogP contribution in [0.25, 0.3) is 11.0 Å². The first-order chi connectivity index (χ1) is 14.1. The summed E-state index contributed by atoms with van der Waals surface area (Å²) in [6.07, 6.45) is 1.57. The Morgan fingerprint density at radius 1 is 1.07 bits per heavy atom. The molecular formula is C23H21N3O3. The fourth-order valence-corrected chi connectivity index (χ4v) is 3.15. The molecule has 4 aromatic rings. The number of aromatic hydroxyl groups is 1. The predicted molar refractivity (Wildman–Crippen MR) is 113 cm³/mol. The lowest BCUT2D eigenvalue weighted by molar-refractivity contribution is 0.102. The lowest BCUT2D eigenvalue weighted by Crippen LogP contribution is -2.11. The van der Waals surface area contributed by atoms with Gasteiger partial charge in [-0.05, 0) is 48.4 Å². The quantitative estimate of drug-likeness (QED) is 0.430. The van der Waals surface area contributed by atoms with Crippen LogP contribution in [0.1, 0.15) is 21.7 Å². The summed E-state index contributed by atoms with van der Waals surface area (Å²) in [4.78, 5) is 20.3. The normalized spacial score (nSPS) is 10.8. The van der Waals surface area contributed by atoms with Gasteiger partial charge in [-0.3, -0.25) is 4.79 Å². The van der Waals surface area contributed by atoms with Crippen LogP contribution < -0.4 is 10.1 Å². The number of methoxy groups -OCH3 is 1. The third-order valence-corrected chi connectivity index (χ3v) is 4.76. The summed E-state index contributed by atoms with van der Waals surface area (Å²) in [6.45, 7) is 0. The van der Waals surface area contributed by atoms with Gasteiger partial charge < -0.3 is 20.1 Å². The number of para-hydroxylation sites is 2. The smallest absolute Gasteiger partial charge is 0.255 e. The first-order valence-electron chi connectivity index (χ1n) is 9.33. The molecule has 0 bridgehead atoms. The van der Waals surface area contributed by atoms with E-state index in [1.54, 1.807) is 37.4 Å². The Hall–Kier alpha value is -3.80. The number of carbonyl (C=O) groups excluding carboxylic acids is 1. The molecule has 3 aromatic carbocycles. The number of amides is 1. The molecule has 6 heteroatoms. The van der Waals surface area contributed by atoms with Crippen molar-refractivity contribution in [2.45, 2.75) is 12.8 Å². The molecule has 0 radical (unpaired) electrons. The molecule has 0 aliphatic heterocycles. The average Bonchev–Trinajstić information content (AvgIpc) is 3.16. The van der Waals surface area contributed by atoms with E-state index >= 15 is 0 Å². The standard InChI is InChI=1S/C23H21N3O3/c1-29-17-11-12-18-20(14-17)25-22(24-18)13-8-15-6-9-16(10-7-15)23(28)26-19-4-2-3-5-21(19)27/h2-7,9-12,14,27H,8,13H2,1H3,(H,24,25)(H,26,28). The maximum Gasteiger partial charge on any atom is 0.255 e. The molecule has 0 saturated carbocycles. The van der Waals surface area contributed by atoms with Gasteiger partial charge in [0.15, 0.2) is 0 Å². The lowest BCUT2D eigenvalue weighted by atomic mass is 10.1. The van der Waals surface area contributed by atoms with Crippen molar-refractivity contribution in [2.24, 2.45) is 0 Å². The summed E-state index contributed by atoms with van der Waals surface area (Å²) in [7, 11) is 1.64. The number of nitrogens with zero attached hydrogens (tertiary/aromatic N) is 1. The van der Waals surface area contributed by atoms with E-state index in [2.05, 4.69) is 15.3 Å². The van der Waals surface area contributed by atoms with Crippen LogP contribution in [0.5, 0.6) is 11.5 Å². The largest absolute Gasteiger partial charge is 0.506 e. The number of rotatable bonds is 6. The second-order valence-electron chi connectivity index (χ2n) is 6.73. The fraction of sp³-hybridized carbons (Fsp3) is 0.130. The number of anilines is 1. The van der Waals surface area contributed by atoms with Gasteiger partial charge in [0.2, 0.25) is 0 Å². The van der Waals surface area contributed by atoms with Gasteiger partial charge in [0.25, 0.3) is 5.91 Å². The highest BCUT2D eigenvalue weighted by atomic mass is 16.5. The van der Waals surface area contributed by atoms with Gasteiger partial charge in [0.05, 0.1) is 23.8 Å². The molecule has 1 aromatic heterocycles. The van der Waals surface area contributed by atoms with E-state index in [9.17, 15) is 9.90 Å². The van der Waals surface area contributed by atoms with E-state index < -0.39 is 0 Å². The van der Waals surface area contributed by atoms with Crippen molar-refractivity contribution < 1.29 is 14.6 Å². The Kier molecular flexibility index (Phi) is 5.16. The summed E-state index contributed by atoms with van der Waals surface area (Å²) >= 11 is 0. The Morgan fingerprint density at radius 3 is 2.62 bits per heavy atom. The third-order valence-electron chi connectivity index (χ3n) is 4.76. The van der Waals surface area contributed by atoms with Gasteiger partial charge in [-0.1, -0.05) is 24.3 Å². The van der Waals surface area contributed by atoms with Gasteiger partial charge in [-0.25, -0.2) is 4.98 Å². The zero-order chi connectivity index (χ0) is 20.2. The van der Waals surface area contributed by atoms with Crippen LogP contribution in [-0.2, 0) is 12.8 Å². The molecule has 1 heterocycles. The van der Waals surface area contributed by atoms with Crippen molar-refractivity contribution in [2.75, 3.05) is 12.4 Å². The number of nitrogens with one attached hydrogen (secondary N) is 2. The van der Waals surface area contributed by atoms with Gasteiger partial charge in [-0.15, -0.1) is 0 Å². The zero-order valence-corrected chi connectivity index (χ0v) is 16.0. The SMILES string of the molecule is COc1ccc2nc(CCc3ccc(C(=O)Nc4ccccc4O)cc3)[nH]c2c1. The topological polar surface area (TPSA) is 87.2 Å². The Labute approximate surface area is 168 Å². The highest BCUT2D eigenvalue weighted by Gasteiger charge is 2.09. The van der Waals surface area contributed by atoms with Gasteiger partial charge in [0.1, 0.15) is 17.3 Å². The molecule has 0 aliphatic carbocycles. The molecule has 6 nitrogen and oxygen atoms in total. The minimum atomic E-state index is -0.260. The van der Waals surface area contributed by atoms with Gasteiger partial charge in [-0.2, -0.15) is 0 Å². The summed E-state index contributed by atoms with van der Waals surface area (Å²) in [5.41, 5.74) is 3.91. The monoisotopic (exact) mass is 387 g/mol. The van der Waals surface area contributed by atoms with E-state index in [4.69, 9.17) is 4.74 Å². The van der Waals surface area contributed by atoms with Gasteiger partial charge in [0, 0.05) is 18.1 Å². The van der Waals surface area contributed by atoms with Crippen molar-refractivity contribution in [3.8, 4) is 11.5 Å². The second kappa shape index (κ2) is 8.06. The van der Waals surface area contributed by atoms with Crippen LogP contribution in [-0.4, -0.2) is 28.1 Å². The maximum absolute atomic E-state index is 12.4. The molecule has 1 amide bonds. The predicted octanol–water partition coefficient (Wildman–Crippen LogP) is 4.31. The number of hydrogen-bond acceptors (Lipinski definition) is 4. The Balaban J connectivity index is 1.39. The summed E-state index contributed by atoms with van der Waals surface area (Å²) in [6, 6.07) is 19.9. The number of aryl methyl sites for hydroxylation is 2. The van der Waals surface area contributed by atoms with Crippen molar-refractivity contribution >= 4 is 22.6 Å². The number of phenols is 1. The van der Waals surface area contributed by atoms with Crippen molar-refractivity contribution in [3.63, 3.8) is 0 Å².